The summed E-state index contributed by atoms with van der Waals surface area (Å²) >= 11 is 0. The van der Waals surface area contributed by atoms with Crippen LogP contribution < -0.4 is 21.1 Å². The maximum absolute atomic E-state index is 11.9. The largest absolute Gasteiger partial charge is 0.452 e. The standard InChI is InChI=1S/C13H16N4O4/c1-21-13(20)16-15-12(19)14-9-7-11(18)17(8-9)10-5-3-2-4-6-10/h2-6,9H,7-8H2,1H3,(H,16,20)(H2,14,15,19)/t9-/m0/s1. The second-order valence-corrected chi connectivity index (χ2v) is 4.46. The van der Waals surface area contributed by atoms with Crippen LogP contribution in [0.25, 0.3) is 0 Å². The number of urea groups is 1. The maximum Gasteiger partial charge on any atom is 0.425 e. The lowest BCUT2D eigenvalue weighted by Gasteiger charge is -2.17. The van der Waals surface area contributed by atoms with Crippen molar-refractivity contribution in [2.45, 2.75) is 12.5 Å². The molecule has 0 saturated carbocycles. The predicted octanol–water partition coefficient (Wildman–Crippen LogP) is 0.362. The summed E-state index contributed by atoms with van der Waals surface area (Å²) in [6.45, 7) is 0.383. The lowest BCUT2D eigenvalue weighted by atomic mass is 10.2. The van der Waals surface area contributed by atoms with Gasteiger partial charge in [-0.25, -0.2) is 20.4 Å². The van der Waals surface area contributed by atoms with Crippen LogP contribution in [0.1, 0.15) is 6.42 Å². The number of amides is 4. The maximum atomic E-state index is 11.9. The van der Waals surface area contributed by atoms with Gasteiger partial charge >= 0.3 is 12.1 Å². The molecule has 21 heavy (non-hydrogen) atoms. The van der Waals surface area contributed by atoms with Crippen molar-refractivity contribution in [3.8, 4) is 0 Å². The molecule has 0 unspecified atom stereocenters. The first kappa shape index (κ1) is 14.6. The molecule has 1 aliphatic heterocycles. The fourth-order valence-electron chi connectivity index (χ4n) is 2.04. The fourth-order valence-corrected chi connectivity index (χ4v) is 2.04. The van der Waals surface area contributed by atoms with E-state index in [9.17, 15) is 14.4 Å². The molecule has 112 valence electrons. The number of benzene rings is 1. The zero-order valence-corrected chi connectivity index (χ0v) is 11.5. The van der Waals surface area contributed by atoms with Crippen LogP contribution in [-0.2, 0) is 9.53 Å². The van der Waals surface area contributed by atoms with Crippen molar-refractivity contribution in [3.05, 3.63) is 30.3 Å². The molecular weight excluding hydrogens is 276 g/mol. The topological polar surface area (TPSA) is 99.8 Å². The average Bonchev–Trinajstić information content (AvgIpc) is 2.86. The molecule has 3 N–H and O–H groups in total. The average molecular weight is 292 g/mol. The summed E-state index contributed by atoms with van der Waals surface area (Å²) in [6.07, 6.45) is -0.570. The third-order valence-corrected chi connectivity index (χ3v) is 2.99. The van der Waals surface area contributed by atoms with Crippen LogP contribution in [0.15, 0.2) is 30.3 Å². The van der Waals surface area contributed by atoms with Gasteiger partial charge in [0.1, 0.15) is 0 Å². The summed E-state index contributed by atoms with van der Waals surface area (Å²) in [5.41, 5.74) is 4.96. The van der Waals surface area contributed by atoms with Gasteiger partial charge in [-0.05, 0) is 12.1 Å². The Bertz CT molecular complexity index is 534. The molecule has 0 aliphatic carbocycles. The Morgan fingerprint density at radius 3 is 2.62 bits per heavy atom. The molecular formula is C13H16N4O4. The predicted molar refractivity (Wildman–Crippen MR) is 74.4 cm³/mol. The lowest BCUT2D eigenvalue weighted by Crippen LogP contribution is -2.50. The van der Waals surface area contributed by atoms with Gasteiger partial charge in [0.2, 0.25) is 5.91 Å². The zero-order chi connectivity index (χ0) is 15.2. The van der Waals surface area contributed by atoms with Crippen LogP contribution in [0.2, 0.25) is 0 Å². The molecule has 1 fully saturated rings. The minimum absolute atomic E-state index is 0.0626. The van der Waals surface area contributed by atoms with Crippen LogP contribution in [-0.4, -0.2) is 37.7 Å². The fraction of sp³-hybridized carbons (Fsp3) is 0.308. The third-order valence-electron chi connectivity index (χ3n) is 2.99. The van der Waals surface area contributed by atoms with Gasteiger partial charge in [0.05, 0.1) is 13.2 Å². The molecule has 0 spiro atoms. The number of ether oxygens (including phenoxy) is 1. The Balaban J connectivity index is 1.85. The number of methoxy groups -OCH3 is 1. The van der Waals surface area contributed by atoms with Crippen LogP contribution in [0.4, 0.5) is 15.3 Å². The van der Waals surface area contributed by atoms with E-state index >= 15 is 0 Å². The smallest absolute Gasteiger partial charge is 0.425 e. The molecule has 4 amide bonds. The van der Waals surface area contributed by atoms with Crippen molar-refractivity contribution in [3.63, 3.8) is 0 Å². The molecule has 2 rings (SSSR count). The van der Waals surface area contributed by atoms with Crippen LogP contribution >= 0.6 is 0 Å². The second kappa shape index (κ2) is 6.60. The SMILES string of the molecule is COC(=O)NNC(=O)N[C@H]1CC(=O)N(c2ccccc2)C1. The van der Waals surface area contributed by atoms with Gasteiger partial charge in [0.25, 0.3) is 0 Å². The first-order chi connectivity index (χ1) is 10.1. The van der Waals surface area contributed by atoms with Crippen LogP contribution in [0, 0.1) is 0 Å². The highest BCUT2D eigenvalue weighted by Crippen LogP contribution is 2.20. The summed E-state index contributed by atoms with van der Waals surface area (Å²) in [4.78, 5) is 35.9. The quantitative estimate of drug-likeness (QED) is 0.685. The summed E-state index contributed by atoms with van der Waals surface area (Å²) in [5, 5.41) is 2.61. The number of carbonyl (C=O) groups excluding carboxylic acids is 3. The normalized spacial score (nSPS) is 17.3. The summed E-state index contributed by atoms with van der Waals surface area (Å²) < 4.78 is 4.31. The van der Waals surface area contributed by atoms with Crippen LogP contribution in [0.3, 0.4) is 0 Å². The Kier molecular flexibility index (Phi) is 4.60. The molecule has 1 aliphatic rings. The highest BCUT2D eigenvalue weighted by Gasteiger charge is 2.31. The van der Waals surface area contributed by atoms with E-state index < -0.39 is 12.1 Å². The van der Waals surface area contributed by atoms with Crippen molar-refractivity contribution in [2.24, 2.45) is 0 Å². The molecule has 0 bridgehead atoms. The molecule has 8 heteroatoms. The van der Waals surface area contributed by atoms with E-state index in [-0.39, 0.29) is 18.4 Å². The van der Waals surface area contributed by atoms with E-state index in [1.54, 1.807) is 4.90 Å². The summed E-state index contributed by atoms with van der Waals surface area (Å²) in [6, 6.07) is 8.29. The number of hydrogen-bond acceptors (Lipinski definition) is 4. The molecule has 1 atom stereocenters. The van der Waals surface area contributed by atoms with Gasteiger partial charge in [-0.3, -0.25) is 4.79 Å². The number of nitrogens with one attached hydrogen (secondary N) is 3. The Hall–Kier alpha value is -2.77. The van der Waals surface area contributed by atoms with E-state index in [2.05, 4.69) is 15.5 Å². The molecule has 1 heterocycles. The van der Waals surface area contributed by atoms with Gasteiger partial charge in [-0.15, -0.1) is 0 Å². The molecule has 1 saturated heterocycles. The number of para-hydroxylation sites is 1. The first-order valence-electron chi connectivity index (χ1n) is 6.36. The lowest BCUT2D eigenvalue weighted by molar-refractivity contribution is -0.117. The number of hydrazine groups is 1. The Labute approximate surface area is 121 Å². The summed E-state index contributed by atoms with van der Waals surface area (Å²) in [7, 11) is 1.18. The number of nitrogens with zero attached hydrogens (tertiary/aromatic N) is 1. The van der Waals surface area contributed by atoms with Crippen molar-refractivity contribution in [1.29, 1.82) is 0 Å². The second-order valence-electron chi connectivity index (χ2n) is 4.46. The van der Waals surface area contributed by atoms with Crippen molar-refractivity contribution >= 4 is 23.7 Å². The van der Waals surface area contributed by atoms with E-state index in [0.29, 0.717) is 6.54 Å². The van der Waals surface area contributed by atoms with Gasteiger partial charge in [0.15, 0.2) is 0 Å². The minimum atomic E-state index is -0.779. The number of hydrogen-bond donors (Lipinski definition) is 3. The zero-order valence-electron chi connectivity index (χ0n) is 11.5. The van der Waals surface area contributed by atoms with E-state index in [4.69, 9.17) is 0 Å². The minimum Gasteiger partial charge on any atom is -0.452 e. The van der Waals surface area contributed by atoms with Crippen molar-refractivity contribution in [1.82, 2.24) is 16.2 Å². The third kappa shape index (κ3) is 3.85. The van der Waals surface area contributed by atoms with Gasteiger partial charge < -0.3 is 15.0 Å². The number of rotatable bonds is 2. The molecule has 1 aromatic rings. The molecule has 0 aromatic heterocycles. The monoisotopic (exact) mass is 292 g/mol. The van der Waals surface area contributed by atoms with Gasteiger partial charge in [-0.1, -0.05) is 18.2 Å². The Morgan fingerprint density at radius 1 is 1.24 bits per heavy atom. The molecule has 8 nitrogen and oxygen atoms in total. The van der Waals surface area contributed by atoms with Crippen molar-refractivity contribution in [2.75, 3.05) is 18.6 Å². The highest BCUT2D eigenvalue weighted by atomic mass is 16.5. The molecule has 0 radical (unpaired) electrons. The van der Waals surface area contributed by atoms with E-state index in [1.807, 2.05) is 35.8 Å². The number of anilines is 1. The van der Waals surface area contributed by atoms with Crippen molar-refractivity contribution < 1.29 is 19.1 Å². The van der Waals surface area contributed by atoms with E-state index in [1.165, 1.54) is 7.11 Å². The van der Waals surface area contributed by atoms with E-state index in [0.717, 1.165) is 5.69 Å². The van der Waals surface area contributed by atoms with Gasteiger partial charge in [0, 0.05) is 18.7 Å². The highest BCUT2D eigenvalue weighted by molar-refractivity contribution is 5.96. The van der Waals surface area contributed by atoms with Crippen LogP contribution in [0.5, 0.6) is 0 Å². The molecule has 1 aromatic carbocycles. The summed E-state index contributed by atoms with van der Waals surface area (Å²) in [5.74, 6) is -0.0626. The Morgan fingerprint density at radius 2 is 1.95 bits per heavy atom. The number of carbonyl (C=O) groups is 3. The first-order valence-corrected chi connectivity index (χ1v) is 6.36. The van der Waals surface area contributed by atoms with Gasteiger partial charge in [-0.2, -0.15) is 0 Å².